The molecule has 2 amide bonds. The summed E-state index contributed by atoms with van der Waals surface area (Å²) in [4.78, 5) is 30.2. The van der Waals surface area contributed by atoms with Crippen molar-refractivity contribution in [1.29, 1.82) is 0 Å². The molecule has 0 bridgehead atoms. The zero-order chi connectivity index (χ0) is 16.7. The van der Waals surface area contributed by atoms with Gasteiger partial charge < -0.3 is 15.5 Å². The van der Waals surface area contributed by atoms with E-state index in [1.807, 2.05) is 37.1 Å². The first kappa shape index (κ1) is 17.4. The van der Waals surface area contributed by atoms with Gasteiger partial charge in [0.15, 0.2) is 0 Å². The van der Waals surface area contributed by atoms with Crippen LogP contribution in [0.3, 0.4) is 0 Å². The Kier molecular flexibility index (Phi) is 6.52. The zero-order valence-corrected chi connectivity index (χ0v) is 13.9. The van der Waals surface area contributed by atoms with Crippen molar-refractivity contribution in [3.8, 4) is 0 Å². The van der Waals surface area contributed by atoms with Crippen molar-refractivity contribution in [1.82, 2.24) is 20.5 Å². The van der Waals surface area contributed by atoms with Crippen molar-refractivity contribution < 1.29 is 9.59 Å². The summed E-state index contributed by atoms with van der Waals surface area (Å²) in [6, 6.07) is 3.89. The van der Waals surface area contributed by atoms with Gasteiger partial charge in [-0.1, -0.05) is 19.9 Å². The lowest BCUT2D eigenvalue weighted by molar-refractivity contribution is -0.134. The van der Waals surface area contributed by atoms with Gasteiger partial charge in [0.2, 0.25) is 11.8 Å². The van der Waals surface area contributed by atoms with E-state index < -0.39 is 0 Å². The van der Waals surface area contributed by atoms with Gasteiger partial charge in [-0.3, -0.25) is 14.6 Å². The van der Waals surface area contributed by atoms with Gasteiger partial charge in [-0.15, -0.1) is 0 Å². The molecule has 2 N–H and O–H groups in total. The second-order valence-electron chi connectivity index (χ2n) is 6.29. The molecule has 0 spiro atoms. The van der Waals surface area contributed by atoms with Gasteiger partial charge >= 0.3 is 0 Å². The highest BCUT2D eigenvalue weighted by molar-refractivity contribution is 5.79. The van der Waals surface area contributed by atoms with Crippen molar-refractivity contribution in [2.75, 3.05) is 26.2 Å². The van der Waals surface area contributed by atoms with Crippen LogP contribution in [0.2, 0.25) is 0 Å². The molecule has 0 saturated carbocycles. The van der Waals surface area contributed by atoms with E-state index in [2.05, 4.69) is 15.6 Å². The number of amides is 2. The van der Waals surface area contributed by atoms with Crippen molar-refractivity contribution in [3.63, 3.8) is 0 Å². The highest BCUT2D eigenvalue weighted by Gasteiger charge is 2.27. The fourth-order valence-corrected chi connectivity index (χ4v) is 2.77. The van der Waals surface area contributed by atoms with Crippen LogP contribution < -0.4 is 10.6 Å². The molecule has 23 heavy (non-hydrogen) atoms. The second-order valence-corrected chi connectivity index (χ2v) is 6.29. The van der Waals surface area contributed by atoms with Crippen LogP contribution in [0.25, 0.3) is 0 Å². The fraction of sp³-hybridized carbons (Fsp3) is 0.588. The van der Waals surface area contributed by atoms with Crippen molar-refractivity contribution >= 4 is 11.8 Å². The number of hydrogen-bond acceptors (Lipinski definition) is 4. The number of carbonyl (C=O) groups excluding carboxylic acids is 2. The van der Waals surface area contributed by atoms with E-state index in [9.17, 15) is 9.59 Å². The summed E-state index contributed by atoms with van der Waals surface area (Å²) in [6.45, 7) is 6.61. The summed E-state index contributed by atoms with van der Waals surface area (Å²) in [5.41, 5.74) is 1.04. The van der Waals surface area contributed by atoms with Gasteiger partial charge in [0, 0.05) is 51.4 Å². The van der Waals surface area contributed by atoms with E-state index in [-0.39, 0.29) is 17.9 Å². The molecule has 0 aromatic carbocycles. The molecule has 1 aromatic rings. The normalized spacial score (nSPS) is 18.0. The van der Waals surface area contributed by atoms with Crippen LogP contribution in [0.1, 0.15) is 38.3 Å². The van der Waals surface area contributed by atoms with Crippen LogP contribution in [-0.4, -0.2) is 47.9 Å². The minimum absolute atomic E-state index is 0.0105. The molecule has 1 fully saturated rings. The molecule has 6 nitrogen and oxygen atoms in total. The Bertz CT molecular complexity index is 519. The highest BCUT2D eigenvalue weighted by atomic mass is 16.2. The van der Waals surface area contributed by atoms with E-state index in [0.29, 0.717) is 31.8 Å². The van der Waals surface area contributed by atoms with Crippen LogP contribution in [0.15, 0.2) is 24.5 Å². The summed E-state index contributed by atoms with van der Waals surface area (Å²) in [7, 11) is 0. The van der Waals surface area contributed by atoms with Crippen LogP contribution in [0.5, 0.6) is 0 Å². The Morgan fingerprint density at radius 2 is 2.30 bits per heavy atom. The van der Waals surface area contributed by atoms with E-state index >= 15 is 0 Å². The lowest BCUT2D eigenvalue weighted by Crippen LogP contribution is -2.49. The average Bonchev–Trinajstić information content (AvgIpc) is 2.55. The average molecular weight is 318 g/mol. The predicted molar refractivity (Wildman–Crippen MR) is 88.6 cm³/mol. The number of carbonyl (C=O) groups is 2. The Balaban J connectivity index is 1.88. The Morgan fingerprint density at radius 3 is 3.00 bits per heavy atom. The first-order chi connectivity index (χ1) is 11.1. The van der Waals surface area contributed by atoms with E-state index in [0.717, 1.165) is 18.7 Å². The van der Waals surface area contributed by atoms with Gasteiger partial charge in [-0.2, -0.15) is 0 Å². The van der Waals surface area contributed by atoms with E-state index in [4.69, 9.17) is 0 Å². The quantitative estimate of drug-likeness (QED) is 0.824. The largest absolute Gasteiger partial charge is 0.356 e. The Morgan fingerprint density at radius 1 is 1.48 bits per heavy atom. The van der Waals surface area contributed by atoms with Crippen LogP contribution in [0, 0.1) is 5.92 Å². The monoisotopic (exact) mass is 318 g/mol. The molecule has 1 aliphatic rings. The molecular formula is C17H26N4O2. The molecule has 1 aromatic heterocycles. The van der Waals surface area contributed by atoms with Crippen LogP contribution in [0.4, 0.5) is 0 Å². The smallest absolute Gasteiger partial charge is 0.224 e. The molecule has 0 aliphatic carbocycles. The fourth-order valence-electron chi connectivity index (χ4n) is 2.77. The molecule has 0 radical (unpaired) electrons. The van der Waals surface area contributed by atoms with Crippen molar-refractivity contribution in [2.24, 2.45) is 5.92 Å². The second kappa shape index (κ2) is 8.62. The highest BCUT2D eigenvalue weighted by Crippen LogP contribution is 2.21. The SMILES string of the molecule is CC(C)CC(=O)NCCC(=O)N1CCNCC1c1cccnc1. The molecule has 1 saturated heterocycles. The van der Waals surface area contributed by atoms with Crippen LogP contribution >= 0.6 is 0 Å². The molecule has 1 unspecified atom stereocenters. The van der Waals surface area contributed by atoms with Gasteiger partial charge in [0.05, 0.1) is 6.04 Å². The standard InChI is InChI=1S/C17H26N4O2/c1-13(2)10-16(22)20-7-5-17(23)21-9-8-19-12-15(21)14-4-3-6-18-11-14/h3-4,6,11,13,15,19H,5,7-10,12H2,1-2H3,(H,20,22). The third-order valence-corrected chi connectivity index (χ3v) is 3.89. The third kappa shape index (κ3) is 5.32. The molecule has 1 aliphatic heterocycles. The molecule has 126 valence electrons. The van der Waals surface area contributed by atoms with Gasteiger partial charge in [0.25, 0.3) is 0 Å². The number of aromatic nitrogens is 1. The topological polar surface area (TPSA) is 74.3 Å². The maximum atomic E-state index is 12.5. The molecule has 1 atom stereocenters. The number of rotatable bonds is 6. The minimum atomic E-state index is 0.0105. The summed E-state index contributed by atoms with van der Waals surface area (Å²) < 4.78 is 0. The third-order valence-electron chi connectivity index (χ3n) is 3.89. The summed E-state index contributed by atoms with van der Waals surface area (Å²) in [5, 5.41) is 6.15. The lowest BCUT2D eigenvalue weighted by atomic mass is 10.0. The number of nitrogens with zero attached hydrogens (tertiary/aromatic N) is 2. The summed E-state index contributed by atoms with van der Waals surface area (Å²) >= 11 is 0. The first-order valence-corrected chi connectivity index (χ1v) is 8.24. The minimum Gasteiger partial charge on any atom is -0.356 e. The number of piperazine rings is 1. The zero-order valence-electron chi connectivity index (χ0n) is 13.9. The van der Waals surface area contributed by atoms with E-state index in [1.54, 1.807) is 6.20 Å². The number of hydrogen-bond donors (Lipinski definition) is 2. The molecule has 2 rings (SSSR count). The summed E-state index contributed by atoms with van der Waals surface area (Å²) in [5.74, 6) is 0.413. The molecule has 6 heteroatoms. The van der Waals surface area contributed by atoms with Gasteiger partial charge in [-0.25, -0.2) is 0 Å². The Hall–Kier alpha value is -1.95. The number of nitrogens with one attached hydrogen (secondary N) is 2. The number of pyridine rings is 1. The van der Waals surface area contributed by atoms with Crippen molar-refractivity contribution in [2.45, 2.75) is 32.7 Å². The maximum Gasteiger partial charge on any atom is 0.224 e. The van der Waals surface area contributed by atoms with Gasteiger partial charge in [0.1, 0.15) is 0 Å². The lowest BCUT2D eigenvalue weighted by Gasteiger charge is -2.36. The van der Waals surface area contributed by atoms with Gasteiger partial charge in [-0.05, 0) is 17.5 Å². The first-order valence-electron chi connectivity index (χ1n) is 8.24. The van der Waals surface area contributed by atoms with Crippen LogP contribution in [-0.2, 0) is 9.59 Å². The Labute approximate surface area is 137 Å². The summed E-state index contributed by atoms with van der Waals surface area (Å²) in [6.07, 6.45) is 4.37. The predicted octanol–water partition coefficient (Wildman–Crippen LogP) is 1.11. The maximum absolute atomic E-state index is 12.5. The van der Waals surface area contributed by atoms with Crippen molar-refractivity contribution in [3.05, 3.63) is 30.1 Å². The van der Waals surface area contributed by atoms with E-state index in [1.165, 1.54) is 0 Å². The molecule has 2 heterocycles. The molecular weight excluding hydrogens is 292 g/mol.